The molecule has 0 rings (SSSR count). The Morgan fingerprint density at radius 3 is 1.06 bits per heavy atom. The molecule has 0 fully saturated rings. The summed E-state index contributed by atoms with van der Waals surface area (Å²) in [5.41, 5.74) is -1.01. The molecule has 0 saturated carbocycles. The number of esters is 2. The van der Waals surface area contributed by atoms with Gasteiger partial charge in [-0.05, 0) is 27.7 Å². The highest BCUT2D eigenvalue weighted by atomic mass is 32.3. The lowest BCUT2D eigenvalue weighted by Gasteiger charge is -2.44. The van der Waals surface area contributed by atoms with Gasteiger partial charge in [0.1, 0.15) is 0 Å². The average Bonchev–Trinajstić information content (AvgIpc) is 2.70. The number of nitrogens with zero attached hydrogens (tertiary/aromatic N) is 2. The van der Waals surface area contributed by atoms with Crippen molar-refractivity contribution < 1.29 is 45.6 Å². The van der Waals surface area contributed by atoms with Crippen LogP contribution in [0.1, 0.15) is 55.4 Å². The van der Waals surface area contributed by atoms with Gasteiger partial charge in [0, 0.05) is 50.2 Å². The average molecular weight is 497 g/mol. The lowest BCUT2D eigenvalue weighted by atomic mass is 10.2. The van der Waals surface area contributed by atoms with Gasteiger partial charge in [-0.2, -0.15) is 0 Å². The lowest BCUT2D eigenvalue weighted by molar-refractivity contribution is -0.974. The number of rotatable bonds is 10. The van der Waals surface area contributed by atoms with Gasteiger partial charge < -0.3 is 18.6 Å². The van der Waals surface area contributed by atoms with Gasteiger partial charge in [-0.15, -0.1) is 0 Å². The quantitative estimate of drug-likeness (QED) is 0.112. The van der Waals surface area contributed by atoms with Crippen molar-refractivity contribution in [3.05, 3.63) is 25.3 Å². The molecule has 33 heavy (non-hydrogen) atoms. The monoisotopic (exact) mass is 496 g/mol. The zero-order valence-electron chi connectivity index (χ0n) is 22.0. The number of ether oxygens (including phenoxy) is 2. The van der Waals surface area contributed by atoms with E-state index < -0.39 is 21.8 Å². The van der Waals surface area contributed by atoms with Gasteiger partial charge in [0.05, 0.1) is 40.3 Å². The van der Waals surface area contributed by atoms with Crippen LogP contribution in [-0.2, 0) is 29.5 Å². The predicted molar refractivity (Wildman–Crippen MR) is 126 cm³/mol. The van der Waals surface area contributed by atoms with E-state index in [0.717, 1.165) is 26.2 Å². The third kappa shape index (κ3) is 13.5. The Kier molecular flexibility index (Phi) is 15.7. The molecule has 0 aliphatic heterocycles. The Balaban J connectivity index is -0.000000453. The van der Waals surface area contributed by atoms with Crippen LogP contribution in [0.3, 0.4) is 0 Å². The van der Waals surface area contributed by atoms with Gasteiger partial charge in [-0.3, -0.25) is 17.4 Å². The highest BCUT2D eigenvalue weighted by molar-refractivity contribution is 7.79. The molecule has 0 atom stereocenters. The molecule has 0 bridgehead atoms. The minimum atomic E-state index is -5.17. The Hall–Kier alpha value is -1.79. The van der Waals surface area contributed by atoms with Gasteiger partial charge in [0.15, 0.2) is 0 Å². The summed E-state index contributed by atoms with van der Waals surface area (Å²) in [6.07, 6.45) is 2.41. The van der Waals surface area contributed by atoms with Crippen LogP contribution in [0.2, 0.25) is 0 Å². The molecule has 0 aromatic carbocycles. The summed E-state index contributed by atoms with van der Waals surface area (Å²) in [5.74, 6) is -0.720. The Morgan fingerprint density at radius 1 is 0.758 bits per heavy atom. The van der Waals surface area contributed by atoms with Crippen LogP contribution in [0.5, 0.6) is 0 Å². The summed E-state index contributed by atoms with van der Waals surface area (Å²) in [4.78, 5) is 22.3. The van der Waals surface area contributed by atoms with Crippen LogP contribution in [0.25, 0.3) is 0 Å². The first-order valence-corrected chi connectivity index (χ1v) is 12.1. The number of carbonyl (C=O) groups is 2. The van der Waals surface area contributed by atoms with Crippen LogP contribution in [0.4, 0.5) is 0 Å². The topological polar surface area (TPSA) is 133 Å². The summed E-state index contributed by atoms with van der Waals surface area (Å²) in [6, 6.07) is 0. The van der Waals surface area contributed by atoms with E-state index in [1.165, 1.54) is 12.2 Å². The summed E-state index contributed by atoms with van der Waals surface area (Å²) in [5, 5.41) is 0. The maximum Gasteiger partial charge on any atom is 0.334 e. The van der Waals surface area contributed by atoms with Crippen molar-refractivity contribution in [3.63, 3.8) is 0 Å². The molecule has 196 valence electrons. The summed E-state index contributed by atoms with van der Waals surface area (Å²) in [7, 11) is -1.01. The van der Waals surface area contributed by atoms with Gasteiger partial charge in [0.25, 0.3) is 0 Å². The van der Waals surface area contributed by atoms with Crippen molar-refractivity contribution in [1.82, 2.24) is 0 Å². The highest BCUT2D eigenvalue weighted by Gasteiger charge is 2.41. The van der Waals surface area contributed by atoms with Gasteiger partial charge >= 0.3 is 11.9 Å². The van der Waals surface area contributed by atoms with Crippen molar-refractivity contribution in [2.45, 2.75) is 66.8 Å². The van der Waals surface area contributed by atoms with E-state index in [1.807, 2.05) is 27.7 Å². The molecule has 0 aromatic heterocycles. The second-order valence-corrected chi connectivity index (χ2v) is 9.43. The second kappa shape index (κ2) is 14.5. The third-order valence-electron chi connectivity index (χ3n) is 6.43. The molecule has 0 aromatic rings. The van der Waals surface area contributed by atoms with E-state index in [-0.39, 0.29) is 11.9 Å². The minimum absolute atomic E-state index is 0.360. The molecule has 0 heterocycles. The van der Waals surface area contributed by atoms with Crippen molar-refractivity contribution in [3.8, 4) is 0 Å². The first-order chi connectivity index (χ1) is 14.7. The predicted octanol–water partition coefficient (Wildman–Crippen LogP) is 2.54. The molecular formula is C22H44N2O8S. The fraction of sp³-hybridized carbons (Fsp3) is 0.727. The fourth-order valence-electron chi connectivity index (χ4n) is 2.77. The molecule has 11 heteroatoms. The van der Waals surface area contributed by atoms with E-state index >= 15 is 0 Å². The molecule has 0 aliphatic rings. The Morgan fingerprint density at radius 2 is 0.939 bits per heavy atom. The zero-order valence-corrected chi connectivity index (χ0v) is 22.8. The van der Waals surface area contributed by atoms with E-state index in [2.05, 4.69) is 54.9 Å². The van der Waals surface area contributed by atoms with Gasteiger partial charge in [0.2, 0.25) is 11.4 Å². The summed E-state index contributed by atoms with van der Waals surface area (Å²) in [6.45, 7) is 26.6. The summed E-state index contributed by atoms with van der Waals surface area (Å²) < 4.78 is 46.2. The molecule has 0 saturated heterocycles. The van der Waals surface area contributed by atoms with E-state index in [0.29, 0.717) is 8.97 Å². The number of hydrogen-bond acceptors (Lipinski definition) is 8. The Bertz CT molecular complexity index is 681. The number of carbonyl (C=O) groups excluding carboxylic acids is 2. The molecule has 0 aliphatic carbocycles. The van der Waals surface area contributed by atoms with Crippen LogP contribution in [-0.4, -0.2) is 90.2 Å². The molecule has 0 spiro atoms. The van der Waals surface area contributed by atoms with Crippen LogP contribution in [0.15, 0.2) is 25.3 Å². The summed E-state index contributed by atoms with van der Waals surface area (Å²) >= 11 is 0. The zero-order chi connectivity index (χ0) is 27.3. The molecule has 0 N–H and O–H groups in total. The maximum atomic E-state index is 11.2. The molecule has 0 amide bonds. The minimum Gasteiger partial charge on any atom is -0.759 e. The van der Waals surface area contributed by atoms with Crippen molar-refractivity contribution in [1.29, 1.82) is 0 Å². The normalized spacial score (nSPS) is 12.2. The van der Waals surface area contributed by atoms with Gasteiger partial charge in [-0.1, -0.05) is 13.2 Å². The van der Waals surface area contributed by atoms with Crippen molar-refractivity contribution in [2.75, 3.05) is 40.3 Å². The SMILES string of the molecule is C=CC(=O)OC(C)(C)[N+](C)(CC)CC.C=CC(=O)OC(C)(C)[N+](C)(CC)CC.O=S(=O)([O-])[O-]. The molecule has 10 nitrogen and oxygen atoms in total. The van der Waals surface area contributed by atoms with Crippen LogP contribution < -0.4 is 0 Å². The second-order valence-electron chi connectivity index (χ2n) is 8.61. The van der Waals surface area contributed by atoms with E-state index in [4.69, 9.17) is 27.0 Å². The van der Waals surface area contributed by atoms with E-state index in [1.54, 1.807) is 0 Å². The van der Waals surface area contributed by atoms with Crippen LogP contribution in [0, 0.1) is 0 Å². The smallest absolute Gasteiger partial charge is 0.334 e. The fourth-order valence-corrected chi connectivity index (χ4v) is 2.77. The first-order valence-electron chi connectivity index (χ1n) is 10.7. The third-order valence-corrected chi connectivity index (χ3v) is 6.43. The van der Waals surface area contributed by atoms with E-state index in [9.17, 15) is 9.59 Å². The lowest BCUT2D eigenvalue weighted by Crippen LogP contribution is -2.60. The largest absolute Gasteiger partial charge is 0.759 e. The standard InChI is InChI=1S/2C11H22NO2.H2O4S/c2*1-7-10(13)14-11(4,5)12(6,8-2)9-3;1-5(2,3)4/h2*7H,1,8-9H2,2-6H3;(H2,1,2,3,4)/q2*+1;/p-2. The molecule has 0 radical (unpaired) electrons. The Labute approximate surface area is 200 Å². The van der Waals surface area contributed by atoms with Gasteiger partial charge in [-0.25, -0.2) is 9.59 Å². The van der Waals surface area contributed by atoms with Crippen molar-refractivity contribution in [2.24, 2.45) is 0 Å². The molecular weight excluding hydrogens is 452 g/mol. The highest BCUT2D eigenvalue weighted by Crippen LogP contribution is 2.24. The van der Waals surface area contributed by atoms with Crippen LogP contribution >= 0.6 is 0 Å². The maximum absolute atomic E-state index is 11.2. The first kappa shape index (κ1) is 35.8. The molecule has 0 unspecified atom stereocenters. The number of hydrogen-bond donors (Lipinski definition) is 0. The number of quaternary nitrogens is 2. The van der Waals surface area contributed by atoms with Crippen molar-refractivity contribution >= 4 is 22.3 Å².